The number of hydrogen-bond acceptors (Lipinski definition) is 3. The van der Waals surface area contributed by atoms with Gasteiger partial charge in [-0.05, 0) is 13.8 Å². The molecule has 0 heterocycles. The quantitative estimate of drug-likeness (QED) is 0.409. The number of esters is 1. The van der Waals surface area contributed by atoms with Crippen molar-refractivity contribution in [3.8, 4) is 0 Å². The third-order valence-corrected chi connectivity index (χ3v) is 1.52. The Morgan fingerprint density at radius 2 is 2.18 bits per heavy atom. The van der Waals surface area contributed by atoms with Crippen LogP contribution in [0.4, 0.5) is 0 Å². The highest BCUT2D eigenvalue weighted by atomic mass is 79.9. The molecule has 0 aromatic carbocycles. The molecule has 0 saturated carbocycles. The van der Waals surface area contributed by atoms with Crippen molar-refractivity contribution >= 4 is 27.6 Å². The second kappa shape index (κ2) is 6.34. The van der Waals surface area contributed by atoms with Crippen LogP contribution < -0.4 is 0 Å². The number of alkyl halides is 1. The van der Waals surface area contributed by atoms with Crippen LogP contribution >= 0.6 is 15.9 Å². The molecule has 0 aliphatic rings. The molecule has 4 heteroatoms. The van der Waals surface area contributed by atoms with Gasteiger partial charge in [0.25, 0.3) is 0 Å². The lowest BCUT2D eigenvalue weighted by atomic mass is 10.4. The van der Waals surface area contributed by atoms with Gasteiger partial charge >= 0.3 is 5.97 Å². The standard InChI is InChI=1S/C7H12BrNO2/c1-3-9-6(5-8)7(10)11-4-2/h3-5H2,1-2H3. The Morgan fingerprint density at radius 3 is 2.55 bits per heavy atom. The van der Waals surface area contributed by atoms with Crippen LogP contribution in [0.25, 0.3) is 0 Å². The van der Waals surface area contributed by atoms with Crippen molar-refractivity contribution < 1.29 is 9.53 Å². The Bertz CT molecular complexity index is 157. The summed E-state index contributed by atoms with van der Waals surface area (Å²) in [5.41, 5.74) is 0.453. The number of carbonyl (C=O) groups is 1. The number of aliphatic imine (C=N–C) groups is 1. The van der Waals surface area contributed by atoms with Crippen molar-refractivity contribution in [2.24, 2.45) is 4.99 Å². The van der Waals surface area contributed by atoms with E-state index < -0.39 is 0 Å². The molecule has 3 nitrogen and oxygen atoms in total. The molecule has 0 radical (unpaired) electrons. The van der Waals surface area contributed by atoms with E-state index in [1.807, 2.05) is 6.92 Å². The summed E-state index contributed by atoms with van der Waals surface area (Å²) in [6.45, 7) is 4.66. The molecule has 0 aliphatic heterocycles. The number of hydrogen-bond donors (Lipinski definition) is 0. The topological polar surface area (TPSA) is 38.7 Å². The minimum absolute atomic E-state index is 0.328. The van der Waals surface area contributed by atoms with Gasteiger partial charge < -0.3 is 4.74 Å². The van der Waals surface area contributed by atoms with Crippen LogP contribution in [0.5, 0.6) is 0 Å². The van der Waals surface area contributed by atoms with E-state index in [1.165, 1.54) is 0 Å². The number of halogens is 1. The molecule has 0 aromatic rings. The summed E-state index contributed by atoms with van der Waals surface area (Å²) in [7, 11) is 0. The molecule has 0 N–H and O–H groups in total. The average Bonchev–Trinajstić information content (AvgIpc) is 2.00. The predicted molar refractivity (Wildman–Crippen MR) is 48.4 cm³/mol. The van der Waals surface area contributed by atoms with Gasteiger partial charge in [-0.2, -0.15) is 0 Å². The van der Waals surface area contributed by atoms with Crippen molar-refractivity contribution in [2.45, 2.75) is 13.8 Å². The van der Waals surface area contributed by atoms with E-state index in [2.05, 4.69) is 20.9 Å². The van der Waals surface area contributed by atoms with E-state index in [1.54, 1.807) is 6.92 Å². The van der Waals surface area contributed by atoms with E-state index in [-0.39, 0.29) is 5.97 Å². The fourth-order valence-electron chi connectivity index (χ4n) is 0.567. The first kappa shape index (κ1) is 10.6. The monoisotopic (exact) mass is 221 g/mol. The molecular weight excluding hydrogens is 210 g/mol. The highest BCUT2D eigenvalue weighted by Crippen LogP contribution is 1.91. The maximum atomic E-state index is 11.0. The molecule has 0 saturated heterocycles. The lowest BCUT2D eigenvalue weighted by Gasteiger charge is -2.00. The third kappa shape index (κ3) is 4.14. The van der Waals surface area contributed by atoms with Crippen LogP contribution in [0, 0.1) is 0 Å². The fourth-order valence-corrected chi connectivity index (χ4v) is 0.973. The van der Waals surface area contributed by atoms with E-state index in [0.29, 0.717) is 24.2 Å². The van der Waals surface area contributed by atoms with Crippen LogP contribution in [0.15, 0.2) is 4.99 Å². The maximum Gasteiger partial charge on any atom is 0.353 e. The minimum Gasteiger partial charge on any atom is -0.461 e. The molecule has 0 aromatic heterocycles. The average molecular weight is 222 g/mol. The fraction of sp³-hybridized carbons (Fsp3) is 0.714. The Labute approximate surface area is 75.0 Å². The lowest BCUT2D eigenvalue weighted by molar-refractivity contribution is -0.135. The largest absolute Gasteiger partial charge is 0.461 e. The van der Waals surface area contributed by atoms with Crippen molar-refractivity contribution in [1.29, 1.82) is 0 Å². The number of carbonyl (C=O) groups excluding carboxylic acids is 1. The van der Waals surface area contributed by atoms with Gasteiger partial charge in [-0.15, -0.1) is 0 Å². The van der Waals surface area contributed by atoms with Gasteiger partial charge in [0.1, 0.15) is 5.71 Å². The van der Waals surface area contributed by atoms with Gasteiger partial charge in [-0.25, -0.2) is 4.79 Å². The molecule has 0 atom stereocenters. The molecular formula is C7H12BrNO2. The predicted octanol–water partition coefficient (Wildman–Crippen LogP) is 1.41. The van der Waals surface area contributed by atoms with Crippen LogP contribution in [0.2, 0.25) is 0 Å². The first-order chi connectivity index (χ1) is 5.26. The lowest BCUT2D eigenvalue weighted by Crippen LogP contribution is -2.19. The highest BCUT2D eigenvalue weighted by molar-refractivity contribution is 9.09. The van der Waals surface area contributed by atoms with Crippen molar-refractivity contribution in [3.05, 3.63) is 0 Å². The molecule has 0 amide bonds. The SMILES string of the molecule is CCN=C(CBr)C(=O)OCC. The smallest absolute Gasteiger partial charge is 0.353 e. The Morgan fingerprint density at radius 1 is 1.55 bits per heavy atom. The molecule has 0 spiro atoms. The van der Waals surface area contributed by atoms with E-state index in [4.69, 9.17) is 4.74 Å². The summed E-state index contributed by atoms with van der Waals surface area (Å²) >= 11 is 3.16. The number of nitrogens with zero attached hydrogens (tertiary/aromatic N) is 1. The normalized spacial score (nSPS) is 11.4. The Hall–Kier alpha value is -0.380. The second-order valence-corrected chi connectivity index (χ2v) is 2.34. The van der Waals surface area contributed by atoms with Gasteiger partial charge in [0.05, 0.1) is 11.9 Å². The van der Waals surface area contributed by atoms with E-state index in [0.717, 1.165) is 0 Å². The maximum absolute atomic E-state index is 11.0. The summed E-state index contributed by atoms with van der Waals surface area (Å²) in [5, 5.41) is 0.458. The van der Waals surface area contributed by atoms with Crippen LogP contribution in [0.3, 0.4) is 0 Å². The first-order valence-corrected chi connectivity index (χ1v) is 4.64. The van der Waals surface area contributed by atoms with Crippen molar-refractivity contribution in [1.82, 2.24) is 0 Å². The van der Waals surface area contributed by atoms with Crippen LogP contribution in [0.1, 0.15) is 13.8 Å². The van der Waals surface area contributed by atoms with Crippen LogP contribution in [-0.4, -0.2) is 30.2 Å². The third-order valence-electron chi connectivity index (χ3n) is 0.987. The van der Waals surface area contributed by atoms with Crippen molar-refractivity contribution in [3.63, 3.8) is 0 Å². The highest BCUT2D eigenvalue weighted by Gasteiger charge is 2.08. The molecule has 0 aliphatic carbocycles. The zero-order valence-electron chi connectivity index (χ0n) is 6.76. The summed E-state index contributed by atoms with van der Waals surface area (Å²) in [6, 6.07) is 0. The van der Waals surface area contributed by atoms with Gasteiger partial charge in [-0.1, -0.05) is 15.9 Å². The Balaban J connectivity index is 4.03. The summed E-state index contributed by atoms with van der Waals surface area (Å²) in [5.74, 6) is -0.328. The van der Waals surface area contributed by atoms with Gasteiger partial charge in [0.2, 0.25) is 0 Å². The molecule has 11 heavy (non-hydrogen) atoms. The van der Waals surface area contributed by atoms with E-state index in [9.17, 15) is 4.79 Å². The number of ether oxygens (including phenoxy) is 1. The zero-order valence-corrected chi connectivity index (χ0v) is 8.35. The van der Waals surface area contributed by atoms with Gasteiger partial charge in [0.15, 0.2) is 0 Å². The first-order valence-electron chi connectivity index (χ1n) is 3.52. The zero-order chi connectivity index (χ0) is 8.69. The molecule has 64 valence electrons. The summed E-state index contributed by atoms with van der Waals surface area (Å²) in [4.78, 5) is 14.9. The molecule has 0 unspecified atom stereocenters. The summed E-state index contributed by atoms with van der Waals surface area (Å²) in [6.07, 6.45) is 0. The van der Waals surface area contributed by atoms with Crippen molar-refractivity contribution in [2.75, 3.05) is 18.5 Å². The van der Waals surface area contributed by atoms with Gasteiger partial charge in [-0.3, -0.25) is 4.99 Å². The molecule has 0 bridgehead atoms. The molecule has 0 fully saturated rings. The number of rotatable bonds is 4. The molecule has 0 rings (SSSR count). The van der Waals surface area contributed by atoms with Crippen LogP contribution in [-0.2, 0) is 9.53 Å². The van der Waals surface area contributed by atoms with E-state index >= 15 is 0 Å². The second-order valence-electron chi connectivity index (χ2n) is 1.78. The minimum atomic E-state index is -0.328. The Kier molecular flexibility index (Phi) is 6.12. The summed E-state index contributed by atoms with van der Waals surface area (Å²) < 4.78 is 4.75. The van der Waals surface area contributed by atoms with Gasteiger partial charge in [0, 0.05) is 6.54 Å².